The molecule has 4 rings (SSSR count). The van der Waals surface area contributed by atoms with Gasteiger partial charge in [-0.3, -0.25) is 20.3 Å². The van der Waals surface area contributed by atoms with E-state index in [1.54, 1.807) is 17.5 Å². The van der Waals surface area contributed by atoms with Crippen LogP contribution in [-0.2, 0) is 6.61 Å². The molecular formula is C25H22N4O4S. The number of hydrogen-bond donors (Lipinski definition) is 2. The zero-order chi connectivity index (χ0) is 23.9. The number of nitrogens with zero attached hydrogens (tertiary/aromatic N) is 2. The first-order valence-electron chi connectivity index (χ1n) is 10.5. The molecule has 0 saturated carbocycles. The van der Waals surface area contributed by atoms with Crippen molar-refractivity contribution in [1.29, 1.82) is 0 Å². The van der Waals surface area contributed by atoms with Crippen molar-refractivity contribution in [2.45, 2.75) is 19.6 Å². The molecule has 3 aromatic carbocycles. The Morgan fingerprint density at radius 3 is 2.68 bits per heavy atom. The van der Waals surface area contributed by atoms with Crippen molar-refractivity contribution in [3.8, 4) is 16.3 Å². The third kappa shape index (κ3) is 5.64. The summed E-state index contributed by atoms with van der Waals surface area (Å²) in [6, 6.07) is 21.1. The van der Waals surface area contributed by atoms with E-state index < -0.39 is 10.8 Å². The summed E-state index contributed by atoms with van der Waals surface area (Å²) in [6.45, 7) is 2.13. The summed E-state index contributed by atoms with van der Waals surface area (Å²) < 4.78 is 5.81. The van der Waals surface area contributed by atoms with Crippen LogP contribution in [0.3, 0.4) is 0 Å². The van der Waals surface area contributed by atoms with E-state index in [1.165, 1.54) is 18.2 Å². The molecule has 34 heavy (non-hydrogen) atoms. The minimum Gasteiger partial charge on any atom is -0.488 e. The van der Waals surface area contributed by atoms with E-state index in [0.29, 0.717) is 0 Å². The lowest BCUT2D eigenvalue weighted by atomic mass is 10.1. The number of aromatic nitrogens is 1. The van der Waals surface area contributed by atoms with E-state index in [0.717, 1.165) is 21.7 Å². The Morgan fingerprint density at radius 2 is 1.94 bits per heavy atom. The number of nitro benzene ring substituents is 1. The fourth-order valence-electron chi connectivity index (χ4n) is 3.30. The highest BCUT2D eigenvalue weighted by Gasteiger charge is 2.19. The second-order valence-electron chi connectivity index (χ2n) is 7.49. The summed E-state index contributed by atoms with van der Waals surface area (Å²) in [5.74, 6) is -0.276. The van der Waals surface area contributed by atoms with Crippen LogP contribution in [0.1, 0.15) is 34.5 Å². The van der Waals surface area contributed by atoms with Gasteiger partial charge in [0.1, 0.15) is 17.4 Å². The average Bonchev–Trinajstić information content (AvgIpc) is 3.41. The molecule has 1 unspecified atom stereocenters. The van der Waals surface area contributed by atoms with E-state index in [2.05, 4.69) is 15.8 Å². The maximum absolute atomic E-state index is 13.0. The van der Waals surface area contributed by atoms with Gasteiger partial charge in [0.2, 0.25) is 0 Å². The molecule has 1 amide bonds. The molecule has 0 aliphatic heterocycles. The van der Waals surface area contributed by atoms with Crippen molar-refractivity contribution in [1.82, 2.24) is 15.8 Å². The zero-order valence-corrected chi connectivity index (χ0v) is 19.1. The second-order valence-corrected chi connectivity index (χ2v) is 8.39. The highest BCUT2D eigenvalue weighted by atomic mass is 32.1. The molecule has 1 heterocycles. The molecule has 172 valence electrons. The van der Waals surface area contributed by atoms with Gasteiger partial charge in [-0.15, -0.1) is 11.3 Å². The predicted molar refractivity (Wildman–Crippen MR) is 130 cm³/mol. The van der Waals surface area contributed by atoms with Crippen LogP contribution in [-0.4, -0.2) is 15.8 Å². The fraction of sp³-hybridized carbons (Fsp3) is 0.120. The Kier molecular flexibility index (Phi) is 7.26. The van der Waals surface area contributed by atoms with Gasteiger partial charge < -0.3 is 4.74 Å². The molecule has 0 radical (unpaired) electrons. The van der Waals surface area contributed by atoms with Gasteiger partial charge >= 0.3 is 0 Å². The van der Waals surface area contributed by atoms with E-state index in [9.17, 15) is 14.9 Å². The Hall–Kier alpha value is -4.08. The maximum Gasteiger partial charge on any atom is 0.270 e. The Labute approximate surface area is 200 Å². The molecule has 0 saturated heterocycles. The maximum atomic E-state index is 13.0. The number of benzene rings is 3. The van der Waals surface area contributed by atoms with Crippen LogP contribution in [0.2, 0.25) is 0 Å². The lowest BCUT2D eigenvalue weighted by Gasteiger charge is -2.17. The number of hydrazine groups is 1. The SMILES string of the molecule is CC(NNC(=O)c1cc([N+](=O)[O-])ccc1OCc1ccccc1)c1cccc(-c2nccs2)c1. The molecule has 0 bridgehead atoms. The molecule has 8 nitrogen and oxygen atoms in total. The van der Waals surface area contributed by atoms with E-state index >= 15 is 0 Å². The number of carbonyl (C=O) groups is 1. The van der Waals surface area contributed by atoms with Crippen molar-refractivity contribution in [2.24, 2.45) is 0 Å². The third-order valence-electron chi connectivity index (χ3n) is 5.12. The average molecular weight is 475 g/mol. The smallest absolute Gasteiger partial charge is 0.270 e. The molecule has 2 N–H and O–H groups in total. The topological polar surface area (TPSA) is 106 Å². The predicted octanol–water partition coefficient (Wildman–Crippen LogP) is 5.29. The van der Waals surface area contributed by atoms with Crippen LogP contribution in [0.15, 0.2) is 84.4 Å². The number of non-ortho nitro benzene ring substituents is 1. The molecule has 4 aromatic rings. The lowest BCUT2D eigenvalue weighted by molar-refractivity contribution is -0.384. The van der Waals surface area contributed by atoms with Gasteiger partial charge in [-0.1, -0.05) is 48.5 Å². The molecule has 0 aliphatic rings. The molecule has 0 spiro atoms. The minimum atomic E-state index is -0.544. The summed E-state index contributed by atoms with van der Waals surface area (Å²) in [5, 5.41) is 14.1. The van der Waals surface area contributed by atoms with Crippen LogP contribution in [0.4, 0.5) is 5.69 Å². The number of nitro groups is 1. The highest BCUT2D eigenvalue weighted by molar-refractivity contribution is 7.13. The van der Waals surface area contributed by atoms with Gasteiger partial charge in [-0.25, -0.2) is 10.4 Å². The molecule has 1 atom stereocenters. The standard InChI is InChI=1S/C25H22N4O4S/c1-17(19-8-5-9-20(14-19)25-26-12-13-34-25)27-28-24(30)22-15-21(29(31)32)10-11-23(22)33-16-18-6-3-2-4-7-18/h2-15,17,27H,16H2,1H3,(H,28,30). The van der Waals surface area contributed by atoms with Gasteiger partial charge in [0.05, 0.1) is 10.5 Å². The van der Waals surface area contributed by atoms with E-state index in [1.807, 2.05) is 66.9 Å². The summed E-state index contributed by atoms with van der Waals surface area (Å²) in [7, 11) is 0. The van der Waals surface area contributed by atoms with Crippen LogP contribution < -0.4 is 15.6 Å². The van der Waals surface area contributed by atoms with Crippen molar-refractivity contribution in [3.05, 3.63) is 111 Å². The number of amides is 1. The first-order valence-corrected chi connectivity index (χ1v) is 11.4. The monoisotopic (exact) mass is 474 g/mol. The first-order chi connectivity index (χ1) is 16.5. The summed E-state index contributed by atoms with van der Waals surface area (Å²) in [6.07, 6.45) is 1.76. The van der Waals surface area contributed by atoms with Crippen LogP contribution in [0.25, 0.3) is 10.6 Å². The molecule has 1 aromatic heterocycles. The molecule has 0 fully saturated rings. The molecule has 0 aliphatic carbocycles. The van der Waals surface area contributed by atoms with Crippen molar-refractivity contribution in [2.75, 3.05) is 0 Å². The minimum absolute atomic E-state index is 0.0707. The number of rotatable bonds is 9. The van der Waals surface area contributed by atoms with Gasteiger partial charge in [0, 0.05) is 35.3 Å². The third-order valence-corrected chi connectivity index (χ3v) is 5.95. The largest absolute Gasteiger partial charge is 0.488 e. The van der Waals surface area contributed by atoms with Gasteiger partial charge in [-0.2, -0.15) is 0 Å². The lowest BCUT2D eigenvalue weighted by Crippen LogP contribution is -2.39. The van der Waals surface area contributed by atoms with Crippen LogP contribution >= 0.6 is 11.3 Å². The number of thiazole rings is 1. The number of carbonyl (C=O) groups excluding carboxylic acids is 1. The van der Waals surface area contributed by atoms with Gasteiger partial charge in [-0.05, 0) is 30.2 Å². The molecular weight excluding hydrogens is 452 g/mol. The van der Waals surface area contributed by atoms with Crippen molar-refractivity contribution < 1.29 is 14.5 Å². The highest BCUT2D eigenvalue weighted by Crippen LogP contribution is 2.26. The normalized spacial score (nSPS) is 11.6. The van der Waals surface area contributed by atoms with Gasteiger partial charge in [0.25, 0.3) is 11.6 Å². The summed E-state index contributed by atoms with van der Waals surface area (Å²) >= 11 is 1.55. The van der Waals surface area contributed by atoms with Crippen molar-refractivity contribution in [3.63, 3.8) is 0 Å². The zero-order valence-electron chi connectivity index (χ0n) is 18.3. The number of nitrogens with one attached hydrogen (secondary N) is 2. The van der Waals surface area contributed by atoms with Gasteiger partial charge in [0.15, 0.2) is 0 Å². The quantitative estimate of drug-likeness (QED) is 0.252. The Bertz CT molecular complexity index is 1280. The van der Waals surface area contributed by atoms with Crippen LogP contribution in [0, 0.1) is 10.1 Å². The van der Waals surface area contributed by atoms with E-state index in [4.69, 9.17) is 4.74 Å². The Balaban J connectivity index is 1.47. The first kappa shape index (κ1) is 23.1. The number of ether oxygens (including phenoxy) is 1. The second kappa shape index (κ2) is 10.7. The van der Waals surface area contributed by atoms with Crippen LogP contribution in [0.5, 0.6) is 5.75 Å². The summed E-state index contributed by atoms with van der Waals surface area (Å²) in [4.78, 5) is 28.0. The molecule has 9 heteroatoms. The summed E-state index contributed by atoms with van der Waals surface area (Å²) in [5.41, 5.74) is 8.36. The van der Waals surface area contributed by atoms with E-state index in [-0.39, 0.29) is 29.6 Å². The van der Waals surface area contributed by atoms with Crippen molar-refractivity contribution >= 4 is 22.9 Å². The fourth-order valence-corrected chi connectivity index (χ4v) is 3.94. The number of hydrogen-bond acceptors (Lipinski definition) is 7. The Morgan fingerprint density at radius 1 is 1.12 bits per heavy atom.